The second-order valence-corrected chi connectivity index (χ2v) is 6.97. The molecular formula is C20H22N4O2. The maximum absolute atomic E-state index is 12.0. The number of rotatable bonds is 5. The van der Waals surface area contributed by atoms with Gasteiger partial charge in [0.2, 0.25) is 0 Å². The Balaban J connectivity index is 1.62. The highest BCUT2D eigenvalue weighted by molar-refractivity contribution is 5.89. The molecule has 134 valence electrons. The van der Waals surface area contributed by atoms with E-state index in [-0.39, 0.29) is 5.97 Å². The molecule has 0 radical (unpaired) electrons. The summed E-state index contributed by atoms with van der Waals surface area (Å²) in [7, 11) is 0. The number of hydrogen-bond donors (Lipinski definition) is 2. The van der Waals surface area contributed by atoms with Gasteiger partial charge in [-0.1, -0.05) is 24.3 Å². The van der Waals surface area contributed by atoms with Gasteiger partial charge in [-0.2, -0.15) is 5.10 Å². The zero-order chi connectivity index (χ0) is 18.6. The van der Waals surface area contributed by atoms with Crippen LogP contribution in [-0.4, -0.2) is 26.8 Å². The first-order valence-electron chi connectivity index (χ1n) is 8.43. The van der Waals surface area contributed by atoms with Gasteiger partial charge in [0.15, 0.2) is 5.82 Å². The molecule has 0 bridgehead atoms. The van der Waals surface area contributed by atoms with Gasteiger partial charge in [0.25, 0.3) is 0 Å². The van der Waals surface area contributed by atoms with Crippen molar-refractivity contribution in [3.05, 3.63) is 66.0 Å². The molecule has 3 rings (SSSR count). The predicted octanol–water partition coefficient (Wildman–Crippen LogP) is 4.04. The van der Waals surface area contributed by atoms with Gasteiger partial charge in [-0.05, 0) is 50.6 Å². The average molecular weight is 350 g/mol. The van der Waals surface area contributed by atoms with E-state index in [1.54, 1.807) is 12.1 Å². The second-order valence-electron chi connectivity index (χ2n) is 6.97. The van der Waals surface area contributed by atoms with Crippen molar-refractivity contribution < 1.29 is 9.53 Å². The third kappa shape index (κ3) is 4.69. The quantitative estimate of drug-likeness (QED) is 0.679. The topological polar surface area (TPSA) is 79.9 Å². The maximum Gasteiger partial charge on any atom is 0.338 e. The molecule has 1 aromatic heterocycles. The Morgan fingerprint density at radius 3 is 2.58 bits per heavy atom. The van der Waals surface area contributed by atoms with Crippen molar-refractivity contribution in [2.24, 2.45) is 0 Å². The summed E-state index contributed by atoms with van der Waals surface area (Å²) < 4.78 is 5.37. The smallest absolute Gasteiger partial charge is 0.338 e. The summed E-state index contributed by atoms with van der Waals surface area (Å²) in [5.74, 6) is 0.423. The van der Waals surface area contributed by atoms with E-state index in [9.17, 15) is 4.79 Å². The second kappa shape index (κ2) is 7.39. The third-order valence-electron chi connectivity index (χ3n) is 3.64. The van der Waals surface area contributed by atoms with Crippen LogP contribution in [0.2, 0.25) is 0 Å². The molecule has 0 aliphatic heterocycles. The molecule has 0 fully saturated rings. The van der Waals surface area contributed by atoms with Crippen LogP contribution in [0.4, 0.5) is 5.69 Å². The summed E-state index contributed by atoms with van der Waals surface area (Å²) in [6.45, 7) is 6.22. The zero-order valence-electron chi connectivity index (χ0n) is 15.1. The monoisotopic (exact) mass is 350 g/mol. The summed E-state index contributed by atoms with van der Waals surface area (Å²) in [5, 5.41) is 10.1. The van der Waals surface area contributed by atoms with E-state index in [0.717, 1.165) is 22.6 Å². The molecule has 0 atom stereocenters. The standard InChI is InChI=1S/C20H22N4O2/c1-20(2,3)26-19(25)15-9-7-14(8-10-15)12-21-17-6-4-5-16(11-17)18-22-13-23-24-18/h4-11,13,21H,12H2,1-3H3,(H,22,23,24). The number of hydrogen-bond acceptors (Lipinski definition) is 5. The minimum Gasteiger partial charge on any atom is -0.456 e. The van der Waals surface area contributed by atoms with E-state index < -0.39 is 5.60 Å². The normalized spacial score (nSPS) is 11.2. The Bertz CT molecular complexity index is 866. The van der Waals surface area contributed by atoms with Gasteiger partial charge >= 0.3 is 5.97 Å². The molecule has 0 unspecified atom stereocenters. The van der Waals surface area contributed by atoms with Crippen LogP contribution >= 0.6 is 0 Å². The van der Waals surface area contributed by atoms with E-state index in [4.69, 9.17) is 4.74 Å². The number of aromatic nitrogens is 3. The number of carbonyl (C=O) groups is 1. The molecule has 0 amide bonds. The van der Waals surface area contributed by atoms with Crippen LogP contribution in [0.1, 0.15) is 36.7 Å². The molecular weight excluding hydrogens is 328 g/mol. The van der Waals surface area contributed by atoms with Crippen LogP contribution in [0.3, 0.4) is 0 Å². The Kier molecular flexibility index (Phi) is 5.02. The number of carbonyl (C=O) groups excluding carboxylic acids is 1. The highest BCUT2D eigenvalue weighted by Gasteiger charge is 2.17. The Hall–Kier alpha value is -3.15. The lowest BCUT2D eigenvalue weighted by molar-refractivity contribution is 0.00695. The van der Waals surface area contributed by atoms with Crippen LogP contribution in [0.5, 0.6) is 0 Å². The summed E-state index contributed by atoms with van der Waals surface area (Å²) in [5.41, 5.74) is 3.08. The van der Waals surface area contributed by atoms with Crippen molar-refractivity contribution in [2.75, 3.05) is 5.32 Å². The molecule has 2 aromatic carbocycles. The highest BCUT2D eigenvalue weighted by atomic mass is 16.6. The molecule has 0 aliphatic rings. The third-order valence-corrected chi connectivity index (χ3v) is 3.64. The summed E-state index contributed by atoms with van der Waals surface area (Å²) in [4.78, 5) is 16.2. The molecule has 6 nitrogen and oxygen atoms in total. The molecule has 0 saturated carbocycles. The molecule has 3 aromatic rings. The molecule has 1 heterocycles. The first-order chi connectivity index (χ1) is 12.4. The Morgan fingerprint density at radius 1 is 1.15 bits per heavy atom. The SMILES string of the molecule is CC(C)(C)OC(=O)c1ccc(CNc2cccc(-c3ncn[nH]3)c2)cc1. The van der Waals surface area contributed by atoms with E-state index in [2.05, 4.69) is 20.5 Å². The average Bonchev–Trinajstić information content (AvgIpc) is 3.14. The molecule has 0 aliphatic carbocycles. The number of esters is 1. The molecule has 2 N–H and O–H groups in total. The van der Waals surface area contributed by atoms with E-state index >= 15 is 0 Å². The maximum atomic E-state index is 12.0. The lowest BCUT2D eigenvalue weighted by Crippen LogP contribution is -2.23. The highest BCUT2D eigenvalue weighted by Crippen LogP contribution is 2.19. The molecule has 6 heteroatoms. The van der Waals surface area contributed by atoms with E-state index in [0.29, 0.717) is 12.1 Å². The lowest BCUT2D eigenvalue weighted by atomic mass is 10.1. The van der Waals surface area contributed by atoms with Crippen LogP contribution in [0, 0.1) is 0 Å². The largest absolute Gasteiger partial charge is 0.456 e. The lowest BCUT2D eigenvalue weighted by Gasteiger charge is -2.19. The number of nitrogens with zero attached hydrogens (tertiary/aromatic N) is 2. The van der Waals surface area contributed by atoms with E-state index in [1.807, 2.05) is 57.2 Å². The minimum absolute atomic E-state index is 0.309. The van der Waals surface area contributed by atoms with Gasteiger partial charge in [-0.25, -0.2) is 9.78 Å². The van der Waals surface area contributed by atoms with Crippen LogP contribution in [0.25, 0.3) is 11.4 Å². The van der Waals surface area contributed by atoms with Crippen molar-refractivity contribution in [1.82, 2.24) is 15.2 Å². The number of aromatic amines is 1. The Labute approximate surface area is 152 Å². The zero-order valence-corrected chi connectivity index (χ0v) is 15.1. The number of nitrogens with one attached hydrogen (secondary N) is 2. The van der Waals surface area contributed by atoms with Crippen LogP contribution in [-0.2, 0) is 11.3 Å². The van der Waals surface area contributed by atoms with E-state index in [1.165, 1.54) is 6.33 Å². The van der Waals surface area contributed by atoms with Crippen molar-refractivity contribution in [3.63, 3.8) is 0 Å². The fraction of sp³-hybridized carbons (Fsp3) is 0.250. The van der Waals surface area contributed by atoms with Crippen molar-refractivity contribution in [3.8, 4) is 11.4 Å². The first kappa shape index (κ1) is 17.7. The molecule has 0 saturated heterocycles. The first-order valence-corrected chi connectivity index (χ1v) is 8.43. The summed E-state index contributed by atoms with van der Waals surface area (Å²) in [6, 6.07) is 15.4. The van der Waals surface area contributed by atoms with Gasteiger partial charge in [0, 0.05) is 17.8 Å². The van der Waals surface area contributed by atoms with Gasteiger partial charge < -0.3 is 10.1 Å². The number of benzene rings is 2. The number of ether oxygens (including phenoxy) is 1. The molecule has 0 spiro atoms. The van der Waals surface area contributed by atoms with Crippen LogP contribution in [0.15, 0.2) is 54.9 Å². The van der Waals surface area contributed by atoms with Gasteiger partial charge in [0.1, 0.15) is 11.9 Å². The number of anilines is 1. The van der Waals surface area contributed by atoms with Crippen molar-refractivity contribution in [2.45, 2.75) is 32.9 Å². The van der Waals surface area contributed by atoms with Gasteiger partial charge in [-0.3, -0.25) is 5.10 Å². The Morgan fingerprint density at radius 2 is 1.92 bits per heavy atom. The predicted molar refractivity (Wildman–Crippen MR) is 101 cm³/mol. The van der Waals surface area contributed by atoms with Gasteiger partial charge in [0.05, 0.1) is 5.56 Å². The minimum atomic E-state index is -0.494. The van der Waals surface area contributed by atoms with Gasteiger partial charge in [-0.15, -0.1) is 0 Å². The fourth-order valence-electron chi connectivity index (χ4n) is 2.42. The van der Waals surface area contributed by atoms with Crippen LogP contribution < -0.4 is 5.32 Å². The summed E-state index contributed by atoms with van der Waals surface area (Å²) >= 11 is 0. The fourth-order valence-corrected chi connectivity index (χ4v) is 2.42. The van der Waals surface area contributed by atoms with Crippen molar-refractivity contribution >= 4 is 11.7 Å². The number of H-pyrrole nitrogens is 1. The molecule has 26 heavy (non-hydrogen) atoms. The van der Waals surface area contributed by atoms with Crippen molar-refractivity contribution in [1.29, 1.82) is 0 Å². The summed E-state index contributed by atoms with van der Waals surface area (Å²) in [6.07, 6.45) is 1.49.